The molecule has 0 fully saturated rings. The van der Waals surface area contributed by atoms with Crippen LogP contribution in [0, 0.1) is 5.41 Å². The van der Waals surface area contributed by atoms with Gasteiger partial charge in [-0.15, -0.1) is 0 Å². The minimum absolute atomic E-state index is 0.299. The Balaban J connectivity index is 2.42. The number of methoxy groups -OCH3 is 1. The molecule has 0 aliphatic rings. The van der Waals surface area contributed by atoms with Gasteiger partial charge in [0.2, 0.25) is 0 Å². The van der Waals surface area contributed by atoms with E-state index in [9.17, 15) is 9.90 Å². The summed E-state index contributed by atoms with van der Waals surface area (Å²) in [6, 6.07) is 7.32. The SMILES string of the molecule is COC(=O)C(C)(C)C=Cc1ccc2c(Cl)cc([C@@H](C)O)nc2c1. The van der Waals surface area contributed by atoms with Crippen LogP contribution >= 0.6 is 11.6 Å². The number of rotatable bonds is 4. The minimum atomic E-state index is -0.712. The summed E-state index contributed by atoms with van der Waals surface area (Å²) < 4.78 is 4.78. The number of aliphatic hydroxyl groups is 1. The van der Waals surface area contributed by atoms with Crippen LogP contribution in [0.4, 0.5) is 0 Å². The molecule has 1 heterocycles. The number of nitrogens with zero attached hydrogens (tertiary/aromatic N) is 1. The Bertz CT molecular complexity index is 766. The molecule has 0 radical (unpaired) electrons. The molecular formula is C18H20ClNO3. The first-order valence-electron chi connectivity index (χ1n) is 7.30. The van der Waals surface area contributed by atoms with Gasteiger partial charge in [0.25, 0.3) is 0 Å². The normalized spacial score (nSPS) is 13.5. The molecule has 1 N–H and O–H groups in total. The van der Waals surface area contributed by atoms with Gasteiger partial charge >= 0.3 is 5.97 Å². The predicted molar refractivity (Wildman–Crippen MR) is 92.2 cm³/mol. The van der Waals surface area contributed by atoms with Crippen LogP contribution in [0.2, 0.25) is 5.02 Å². The van der Waals surface area contributed by atoms with E-state index in [1.807, 2.05) is 24.3 Å². The van der Waals surface area contributed by atoms with Gasteiger partial charge in [-0.1, -0.05) is 35.9 Å². The average Bonchev–Trinajstić information content (AvgIpc) is 2.51. The van der Waals surface area contributed by atoms with E-state index in [1.54, 1.807) is 32.9 Å². The first-order valence-corrected chi connectivity index (χ1v) is 7.68. The van der Waals surface area contributed by atoms with E-state index < -0.39 is 11.5 Å². The second-order valence-corrected chi connectivity index (χ2v) is 6.44. The smallest absolute Gasteiger partial charge is 0.315 e. The third kappa shape index (κ3) is 3.89. The number of carbonyl (C=O) groups excluding carboxylic acids is 1. The van der Waals surface area contributed by atoms with Crippen LogP contribution in [0.15, 0.2) is 30.3 Å². The maximum atomic E-state index is 11.7. The summed E-state index contributed by atoms with van der Waals surface area (Å²) in [6.07, 6.45) is 2.95. The van der Waals surface area contributed by atoms with Crippen molar-refractivity contribution in [2.45, 2.75) is 26.9 Å². The molecular weight excluding hydrogens is 314 g/mol. The van der Waals surface area contributed by atoms with Gasteiger partial charge in [-0.05, 0) is 38.5 Å². The number of aliphatic hydroxyl groups excluding tert-OH is 1. The molecule has 0 saturated carbocycles. The van der Waals surface area contributed by atoms with E-state index in [4.69, 9.17) is 16.3 Å². The fraction of sp³-hybridized carbons (Fsp3) is 0.333. The van der Waals surface area contributed by atoms with Crippen LogP contribution in [0.1, 0.15) is 38.1 Å². The van der Waals surface area contributed by atoms with E-state index in [1.165, 1.54) is 7.11 Å². The van der Waals surface area contributed by atoms with Gasteiger partial charge in [0.05, 0.1) is 34.9 Å². The number of fused-ring (bicyclic) bond motifs is 1. The summed E-state index contributed by atoms with van der Waals surface area (Å²) in [6.45, 7) is 5.22. The number of esters is 1. The van der Waals surface area contributed by atoms with Crippen LogP contribution in [0.5, 0.6) is 0 Å². The van der Waals surface area contributed by atoms with Crippen molar-refractivity contribution >= 4 is 34.5 Å². The molecule has 0 spiro atoms. The Morgan fingerprint density at radius 3 is 2.70 bits per heavy atom. The Morgan fingerprint density at radius 2 is 2.09 bits per heavy atom. The first kappa shape index (κ1) is 17.4. The zero-order chi connectivity index (χ0) is 17.2. The maximum Gasteiger partial charge on any atom is 0.315 e. The number of aromatic nitrogens is 1. The van der Waals surface area contributed by atoms with Crippen LogP contribution in [-0.4, -0.2) is 23.2 Å². The monoisotopic (exact) mass is 333 g/mol. The Kier molecular flexibility index (Phi) is 5.07. The quantitative estimate of drug-likeness (QED) is 0.854. The highest BCUT2D eigenvalue weighted by atomic mass is 35.5. The second-order valence-electron chi connectivity index (χ2n) is 6.03. The highest BCUT2D eigenvalue weighted by molar-refractivity contribution is 6.35. The van der Waals surface area contributed by atoms with Gasteiger partial charge in [-0.2, -0.15) is 0 Å². The number of benzene rings is 1. The summed E-state index contributed by atoms with van der Waals surface area (Å²) in [5, 5.41) is 11.1. The molecule has 122 valence electrons. The number of carbonyl (C=O) groups is 1. The lowest BCUT2D eigenvalue weighted by molar-refractivity contribution is -0.148. The Labute approximate surface area is 140 Å². The summed E-state index contributed by atoms with van der Waals surface area (Å²) in [7, 11) is 1.37. The molecule has 0 aliphatic heterocycles. The van der Waals surface area contributed by atoms with Crippen molar-refractivity contribution in [1.29, 1.82) is 0 Å². The average molecular weight is 334 g/mol. The Morgan fingerprint density at radius 1 is 1.39 bits per heavy atom. The summed E-state index contributed by atoms with van der Waals surface area (Å²) in [4.78, 5) is 16.1. The molecule has 1 atom stereocenters. The number of ether oxygens (including phenoxy) is 1. The molecule has 0 bridgehead atoms. The molecule has 2 aromatic rings. The molecule has 23 heavy (non-hydrogen) atoms. The molecule has 2 rings (SSSR count). The minimum Gasteiger partial charge on any atom is -0.468 e. The van der Waals surface area contributed by atoms with Crippen molar-refractivity contribution in [1.82, 2.24) is 4.98 Å². The van der Waals surface area contributed by atoms with E-state index in [-0.39, 0.29) is 5.97 Å². The molecule has 0 aliphatic carbocycles. The first-order chi connectivity index (χ1) is 10.7. The fourth-order valence-electron chi connectivity index (χ4n) is 2.18. The summed E-state index contributed by atoms with van der Waals surface area (Å²) in [5.41, 5.74) is 1.40. The number of hydrogen-bond acceptors (Lipinski definition) is 4. The molecule has 4 nitrogen and oxygen atoms in total. The summed E-state index contributed by atoms with van der Waals surface area (Å²) >= 11 is 6.24. The van der Waals surface area contributed by atoms with Crippen molar-refractivity contribution in [3.05, 3.63) is 46.6 Å². The zero-order valence-corrected chi connectivity index (χ0v) is 14.4. The summed E-state index contributed by atoms with van der Waals surface area (Å²) in [5.74, 6) is -0.299. The fourth-order valence-corrected chi connectivity index (χ4v) is 2.45. The number of halogens is 1. The number of hydrogen-bond donors (Lipinski definition) is 1. The molecule has 0 amide bonds. The topological polar surface area (TPSA) is 59.4 Å². The highest BCUT2D eigenvalue weighted by Crippen LogP contribution is 2.27. The van der Waals surface area contributed by atoms with Crippen LogP contribution in [0.3, 0.4) is 0 Å². The van der Waals surface area contributed by atoms with Crippen molar-refractivity contribution in [3.63, 3.8) is 0 Å². The second kappa shape index (κ2) is 6.69. The lowest BCUT2D eigenvalue weighted by atomic mass is 9.92. The van der Waals surface area contributed by atoms with Gasteiger partial charge in [-0.25, -0.2) is 4.98 Å². The lowest BCUT2D eigenvalue weighted by Gasteiger charge is -2.16. The largest absolute Gasteiger partial charge is 0.468 e. The van der Waals surface area contributed by atoms with Gasteiger partial charge < -0.3 is 9.84 Å². The highest BCUT2D eigenvalue weighted by Gasteiger charge is 2.25. The molecule has 5 heteroatoms. The van der Waals surface area contributed by atoms with E-state index in [2.05, 4.69) is 4.98 Å². The number of pyridine rings is 1. The van der Waals surface area contributed by atoms with Crippen molar-refractivity contribution in [3.8, 4) is 0 Å². The van der Waals surface area contributed by atoms with Crippen molar-refractivity contribution < 1.29 is 14.6 Å². The van der Waals surface area contributed by atoms with Crippen molar-refractivity contribution in [2.24, 2.45) is 5.41 Å². The molecule has 0 unspecified atom stereocenters. The van der Waals surface area contributed by atoms with Crippen LogP contribution in [0.25, 0.3) is 17.0 Å². The zero-order valence-electron chi connectivity index (χ0n) is 13.6. The molecule has 1 aromatic carbocycles. The molecule has 1 aromatic heterocycles. The van der Waals surface area contributed by atoms with E-state index in [0.717, 1.165) is 10.9 Å². The maximum absolute atomic E-state index is 11.7. The van der Waals surface area contributed by atoms with Gasteiger partial charge in [0.15, 0.2) is 0 Å². The Hall–Kier alpha value is -1.91. The molecule has 0 saturated heterocycles. The van der Waals surface area contributed by atoms with E-state index in [0.29, 0.717) is 16.2 Å². The van der Waals surface area contributed by atoms with Crippen LogP contribution in [-0.2, 0) is 9.53 Å². The van der Waals surface area contributed by atoms with Gasteiger partial charge in [0, 0.05) is 5.39 Å². The third-order valence-corrected chi connectivity index (χ3v) is 3.95. The lowest BCUT2D eigenvalue weighted by Crippen LogP contribution is -2.22. The van der Waals surface area contributed by atoms with Gasteiger partial charge in [0.1, 0.15) is 0 Å². The van der Waals surface area contributed by atoms with E-state index >= 15 is 0 Å². The standard InChI is InChI=1S/C18H20ClNO3/c1-11(21)15-10-14(19)13-6-5-12(9-16(13)20-15)7-8-18(2,3)17(22)23-4/h5-11,21H,1-4H3/t11-/m1/s1. The van der Waals surface area contributed by atoms with Crippen LogP contribution < -0.4 is 0 Å². The predicted octanol–water partition coefficient (Wildman–Crippen LogP) is 4.15. The third-order valence-electron chi connectivity index (χ3n) is 3.64. The van der Waals surface area contributed by atoms with Crippen molar-refractivity contribution in [2.75, 3.05) is 7.11 Å². The van der Waals surface area contributed by atoms with Gasteiger partial charge in [-0.3, -0.25) is 4.79 Å².